The molecule has 1 aromatic rings. The number of hydrogen-bond donors (Lipinski definition) is 2. The average Bonchev–Trinajstić information content (AvgIpc) is 2.47. The molecule has 1 unspecified atom stereocenters. The fraction of sp³-hybridized carbons (Fsp3) is 0.562. The van der Waals surface area contributed by atoms with Crippen molar-refractivity contribution in [1.82, 2.24) is 10.6 Å². The molecule has 1 aliphatic rings. The van der Waals surface area contributed by atoms with Crippen LogP contribution in [0.3, 0.4) is 0 Å². The minimum atomic E-state index is 0.0266. The quantitative estimate of drug-likeness (QED) is 0.863. The summed E-state index contributed by atoms with van der Waals surface area (Å²) in [6.45, 7) is 6.40. The number of ether oxygens (including phenoxy) is 1. The first-order valence-electron chi connectivity index (χ1n) is 7.35. The lowest BCUT2D eigenvalue weighted by Gasteiger charge is -2.24. The molecule has 1 atom stereocenters. The van der Waals surface area contributed by atoms with Crippen molar-refractivity contribution >= 4 is 5.91 Å². The molecule has 0 spiro atoms. The van der Waals surface area contributed by atoms with Crippen LogP contribution in [-0.2, 0) is 4.79 Å². The van der Waals surface area contributed by atoms with Crippen molar-refractivity contribution in [3.8, 4) is 5.75 Å². The van der Waals surface area contributed by atoms with Crippen molar-refractivity contribution in [1.29, 1.82) is 0 Å². The van der Waals surface area contributed by atoms with E-state index < -0.39 is 0 Å². The van der Waals surface area contributed by atoms with E-state index in [2.05, 4.69) is 10.6 Å². The van der Waals surface area contributed by atoms with E-state index >= 15 is 0 Å². The van der Waals surface area contributed by atoms with Crippen molar-refractivity contribution in [2.24, 2.45) is 5.92 Å². The highest BCUT2D eigenvalue weighted by Crippen LogP contribution is 2.13. The van der Waals surface area contributed by atoms with Gasteiger partial charge in [0.25, 0.3) is 0 Å². The van der Waals surface area contributed by atoms with Crippen LogP contribution in [0.4, 0.5) is 0 Å². The number of carbonyl (C=O) groups is 1. The Morgan fingerprint density at radius 1 is 1.35 bits per heavy atom. The molecule has 0 bridgehead atoms. The molecule has 2 rings (SSSR count). The molecule has 4 heteroatoms. The predicted molar refractivity (Wildman–Crippen MR) is 79.9 cm³/mol. The molecule has 1 heterocycles. The van der Waals surface area contributed by atoms with Crippen molar-refractivity contribution in [2.75, 3.05) is 19.7 Å². The van der Waals surface area contributed by atoms with Gasteiger partial charge in [-0.2, -0.15) is 0 Å². The van der Waals surface area contributed by atoms with Crippen molar-refractivity contribution in [3.05, 3.63) is 29.8 Å². The van der Waals surface area contributed by atoms with Gasteiger partial charge in [-0.3, -0.25) is 4.79 Å². The van der Waals surface area contributed by atoms with Gasteiger partial charge in [0, 0.05) is 5.92 Å². The number of amides is 1. The number of piperidine rings is 1. The average molecular weight is 276 g/mol. The summed E-state index contributed by atoms with van der Waals surface area (Å²) in [5.74, 6) is 1.16. The Hall–Kier alpha value is -1.55. The van der Waals surface area contributed by atoms with Crippen LogP contribution < -0.4 is 15.4 Å². The highest BCUT2D eigenvalue weighted by molar-refractivity contribution is 5.79. The number of rotatable bonds is 5. The summed E-state index contributed by atoms with van der Waals surface area (Å²) in [6.07, 6.45) is 1.86. The fourth-order valence-electron chi connectivity index (χ4n) is 2.34. The van der Waals surface area contributed by atoms with Gasteiger partial charge in [-0.15, -0.1) is 0 Å². The van der Waals surface area contributed by atoms with Crippen LogP contribution in [0, 0.1) is 12.8 Å². The Bertz CT molecular complexity index is 425. The predicted octanol–water partition coefficient (Wildman–Crippen LogP) is 1.88. The van der Waals surface area contributed by atoms with Gasteiger partial charge in [0.2, 0.25) is 5.91 Å². The Morgan fingerprint density at radius 3 is 2.65 bits per heavy atom. The van der Waals surface area contributed by atoms with Gasteiger partial charge in [0.05, 0.1) is 6.04 Å². The maximum Gasteiger partial charge on any atom is 0.223 e. The lowest BCUT2D eigenvalue weighted by atomic mass is 9.97. The fourth-order valence-corrected chi connectivity index (χ4v) is 2.34. The first-order chi connectivity index (χ1) is 9.65. The molecular weight excluding hydrogens is 252 g/mol. The Labute approximate surface area is 120 Å². The summed E-state index contributed by atoms with van der Waals surface area (Å²) in [6, 6.07) is 7.98. The maximum absolute atomic E-state index is 12.1. The molecule has 2 N–H and O–H groups in total. The molecule has 0 radical (unpaired) electrons. The zero-order valence-corrected chi connectivity index (χ0v) is 12.3. The first kappa shape index (κ1) is 14.9. The monoisotopic (exact) mass is 276 g/mol. The molecule has 4 nitrogen and oxygen atoms in total. The SMILES string of the molecule is Cc1ccc(OCC(C)NC(=O)C2CCNCC2)cc1. The normalized spacial score (nSPS) is 17.5. The van der Waals surface area contributed by atoms with Crippen LogP contribution in [-0.4, -0.2) is 31.6 Å². The molecule has 1 fully saturated rings. The van der Waals surface area contributed by atoms with Crippen LogP contribution in [0.1, 0.15) is 25.3 Å². The van der Waals surface area contributed by atoms with E-state index in [1.54, 1.807) is 0 Å². The lowest BCUT2D eigenvalue weighted by molar-refractivity contribution is -0.126. The summed E-state index contributed by atoms with van der Waals surface area (Å²) >= 11 is 0. The van der Waals surface area contributed by atoms with Crippen LogP contribution in [0.2, 0.25) is 0 Å². The second-order valence-corrected chi connectivity index (χ2v) is 5.56. The molecule has 110 valence electrons. The number of nitrogens with one attached hydrogen (secondary N) is 2. The third-order valence-electron chi connectivity index (χ3n) is 3.62. The zero-order valence-electron chi connectivity index (χ0n) is 12.3. The zero-order chi connectivity index (χ0) is 14.4. The molecular formula is C16H24N2O2. The standard InChI is InChI=1S/C16H24N2O2/c1-12-3-5-15(6-4-12)20-11-13(2)18-16(19)14-7-9-17-10-8-14/h3-6,13-14,17H,7-11H2,1-2H3,(H,18,19). The maximum atomic E-state index is 12.1. The minimum Gasteiger partial charge on any atom is -0.491 e. The third kappa shape index (κ3) is 4.53. The van der Waals surface area contributed by atoms with E-state index in [0.717, 1.165) is 31.7 Å². The summed E-state index contributed by atoms with van der Waals surface area (Å²) < 4.78 is 5.68. The molecule has 0 aromatic heterocycles. The smallest absolute Gasteiger partial charge is 0.223 e. The topological polar surface area (TPSA) is 50.4 Å². The van der Waals surface area contributed by atoms with Crippen molar-refractivity contribution < 1.29 is 9.53 Å². The molecule has 0 saturated carbocycles. The summed E-state index contributed by atoms with van der Waals surface area (Å²) in [5.41, 5.74) is 1.21. The summed E-state index contributed by atoms with van der Waals surface area (Å²) in [5, 5.41) is 6.31. The number of carbonyl (C=O) groups excluding carboxylic acids is 1. The van der Waals surface area contributed by atoms with Crippen LogP contribution in [0.15, 0.2) is 24.3 Å². The van der Waals surface area contributed by atoms with Gasteiger partial charge in [-0.25, -0.2) is 0 Å². The molecule has 20 heavy (non-hydrogen) atoms. The minimum absolute atomic E-state index is 0.0266. The van der Waals surface area contributed by atoms with Crippen molar-refractivity contribution in [2.45, 2.75) is 32.7 Å². The van der Waals surface area contributed by atoms with Crippen molar-refractivity contribution in [3.63, 3.8) is 0 Å². The summed E-state index contributed by atoms with van der Waals surface area (Å²) in [7, 11) is 0. The number of benzene rings is 1. The molecule has 0 aliphatic carbocycles. The van der Waals surface area contributed by atoms with Gasteiger partial charge >= 0.3 is 0 Å². The largest absolute Gasteiger partial charge is 0.491 e. The second kappa shape index (κ2) is 7.29. The van der Waals surface area contributed by atoms with Gasteiger partial charge in [-0.05, 0) is 51.9 Å². The van der Waals surface area contributed by atoms with Gasteiger partial charge in [0.15, 0.2) is 0 Å². The highest BCUT2D eigenvalue weighted by atomic mass is 16.5. The van der Waals surface area contributed by atoms with Crippen LogP contribution in [0.25, 0.3) is 0 Å². The Morgan fingerprint density at radius 2 is 2.00 bits per heavy atom. The highest BCUT2D eigenvalue weighted by Gasteiger charge is 2.21. The number of hydrogen-bond acceptors (Lipinski definition) is 3. The molecule has 1 saturated heterocycles. The first-order valence-corrected chi connectivity index (χ1v) is 7.35. The lowest BCUT2D eigenvalue weighted by Crippen LogP contribution is -2.43. The van der Waals surface area contributed by atoms with E-state index in [0.29, 0.717) is 6.61 Å². The van der Waals surface area contributed by atoms with Gasteiger partial charge in [0.1, 0.15) is 12.4 Å². The van der Waals surface area contributed by atoms with Crippen LogP contribution >= 0.6 is 0 Å². The Balaban J connectivity index is 1.73. The van der Waals surface area contributed by atoms with E-state index in [1.807, 2.05) is 38.1 Å². The number of aryl methyl sites for hydroxylation is 1. The summed E-state index contributed by atoms with van der Waals surface area (Å²) in [4.78, 5) is 12.1. The van der Waals surface area contributed by atoms with Crippen LogP contribution in [0.5, 0.6) is 5.75 Å². The second-order valence-electron chi connectivity index (χ2n) is 5.56. The van der Waals surface area contributed by atoms with E-state index in [1.165, 1.54) is 5.56 Å². The van der Waals surface area contributed by atoms with Gasteiger partial charge < -0.3 is 15.4 Å². The van der Waals surface area contributed by atoms with E-state index in [4.69, 9.17) is 4.74 Å². The molecule has 1 aromatic carbocycles. The van der Waals surface area contributed by atoms with E-state index in [9.17, 15) is 4.79 Å². The van der Waals surface area contributed by atoms with Gasteiger partial charge in [-0.1, -0.05) is 17.7 Å². The molecule has 1 aliphatic heterocycles. The Kier molecular flexibility index (Phi) is 5.41. The van der Waals surface area contributed by atoms with E-state index in [-0.39, 0.29) is 17.9 Å². The third-order valence-corrected chi connectivity index (χ3v) is 3.62. The molecule has 1 amide bonds.